The van der Waals surface area contributed by atoms with E-state index in [1.807, 2.05) is 41.1 Å². The Hall–Kier alpha value is -1.35. The second kappa shape index (κ2) is 6.55. The van der Waals surface area contributed by atoms with Crippen molar-refractivity contribution in [2.75, 3.05) is 21.1 Å². The Morgan fingerprint density at radius 1 is 1.22 bits per heavy atom. The van der Waals surface area contributed by atoms with Gasteiger partial charge in [0, 0.05) is 20.6 Å². The van der Waals surface area contributed by atoms with Crippen LogP contribution >= 0.6 is 0 Å². The minimum absolute atomic E-state index is 0.00935. The third-order valence-electron chi connectivity index (χ3n) is 3.21. The van der Waals surface area contributed by atoms with Crippen LogP contribution in [-0.2, 0) is 17.8 Å². The van der Waals surface area contributed by atoms with Crippen molar-refractivity contribution >= 4 is 5.91 Å². The number of nitrogens with zero attached hydrogens (tertiary/aromatic N) is 2. The largest absolute Gasteiger partial charge is 0.347 e. The van der Waals surface area contributed by atoms with Crippen LogP contribution in [0.3, 0.4) is 0 Å². The molecule has 3 nitrogen and oxygen atoms in total. The summed E-state index contributed by atoms with van der Waals surface area (Å²) in [6.45, 7) is 4.86. The molecule has 1 aromatic carbocycles. The molecule has 18 heavy (non-hydrogen) atoms. The number of carbonyl (C=O) groups is 1. The Morgan fingerprint density at radius 3 is 2.33 bits per heavy atom. The maximum atomic E-state index is 12.0. The lowest BCUT2D eigenvalue weighted by molar-refractivity contribution is -0.134. The molecule has 0 radical (unpaired) electrons. The van der Waals surface area contributed by atoms with E-state index < -0.39 is 0 Å². The molecule has 100 valence electrons. The maximum Gasteiger partial charge on any atom is 0.239 e. The first-order chi connectivity index (χ1) is 8.59. The molecule has 0 fully saturated rings. The molecule has 1 aliphatic rings. The number of amides is 1. The number of hydrogen-bond acceptors (Lipinski definition) is 2. The third kappa shape index (κ3) is 3.10. The van der Waals surface area contributed by atoms with Gasteiger partial charge in [0.05, 0.1) is 6.04 Å². The van der Waals surface area contributed by atoms with Crippen LogP contribution in [0.25, 0.3) is 0 Å². The van der Waals surface area contributed by atoms with Crippen molar-refractivity contribution in [2.45, 2.75) is 32.9 Å². The van der Waals surface area contributed by atoms with E-state index in [0.717, 1.165) is 13.0 Å². The molecule has 1 atom stereocenters. The molecular formula is C15H24N2O. The summed E-state index contributed by atoms with van der Waals surface area (Å²) in [7, 11) is 5.65. The minimum Gasteiger partial charge on any atom is -0.347 e. The van der Waals surface area contributed by atoms with Gasteiger partial charge in [0.15, 0.2) is 0 Å². The van der Waals surface area contributed by atoms with Crippen LogP contribution in [0.1, 0.15) is 25.0 Å². The Kier molecular flexibility index (Phi) is 5.35. The lowest BCUT2D eigenvalue weighted by Gasteiger charge is -2.34. The summed E-state index contributed by atoms with van der Waals surface area (Å²) in [6.07, 6.45) is 0.823. The van der Waals surface area contributed by atoms with Crippen molar-refractivity contribution in [1.82, 2.24) is 9.80 Å². The predicted octanol–water partition coefficient (Wildman–Crippen LogP) is 2.16. The highest BCUT2D eigenvalue weighted by molar-refractivity contribution is 5.82. The van der Waals surface area contributed by atoms with Crippen LogP contribution in [0.15, 0.2) is 24.3 Å². The van der Waals surface area contributed by atoms with Crippen molar-refractivity contribution in [3.63, 3.8) is 0 Å². The van der Waals surface area contributed by atoms with Gasteiger partial charge in [0.1, 0.15) is 0 Å². The van der Waals surface area contributed by atoms with E-state index in [-0.39, 0.29) is 11.9 Å². The number of fused-ring (bicyclic) bond motifs is 1. The Labute approximate surface area is 110 Å². The van der Waals surface area contributed by atoms with E-state index in [1.165, 1.54) is 11.1 Å². The average Bonchev–Trinajstić information content (AvgIpc) is 2.39. The molecule has 0 aliphatic carbocycles. The van der Waals surface area contributed by atoms with Crippen LogP contribution in [0.4, 0.5) is 0 Å². The summed E-state index contributed by atoms with van der Waals surface area (Å²) >= 11 is 0. The molecule has 0 aromatic heterocycles. The maximum absolute atomic E-state index is 12.0. The van der Waals surface area contributed by atoms with Gasteiger partial charge in [-0.15, -0.1) is 0 Å². The first-order valence-electron chi connectivity index (χ1n) is 6.58. The van der Waals surface area contributed by atoms with E-state index >= 15 is 0 Å². The summed E-state index contributed by atoms with van der Waals surface area (Å²) in [5, 5.41) is 0. The summed E-state index contributed by atoms with van der Waals surface area (Å²) in [5.41, 5.74) is 2.65. The van der Waals surface area contributed by atoms with Gasteiger partial charge in [-0.1, -0.05) is 38.1 Å². The van der Waals surface area contributed by atoms with Gasteiger partial charge in [-0.05, 0) is 24.6 Å². The highest BCUT2D eigenvalue weighted by Crippen LogP contribution is 2.22. The molecule has 0 spiro atoms. The molecule has 2 rings (SSSR count). The topological polar surface area (TPSA) is 23.6 Å². The molecule has 1 heterocycles. The van der Waals surface area contributed by atoms with Crippen molar-refractivity contribution in [3.05, 3.63) is 35.4 Å². The zero-order valence-corrected chi connectivity index (χ0v) is 12.1. The Bertz CT molecular complexity index is 401. The molecule has 0 bridgehead atoms. The molecule has 0 N–H and O–H groups in total. The predicted molar refractivity (Wildman–Crippen MR) is 75.4 cm³/mol. The number of rotatable bonds is 1. The molecular weight excluding hydrogens is 224 g/mol. The van der Waals surface area contributed by atoms with Gasteiger partial charge in [-0.2, -0.15) is 0 Å². The molecule has 1 amide bonds. The average molecular weight is 248 g/mol. The van der Waals surface area contributed by atoms with E-state index in [9.17, 15) is 4.79 Å². The molecule has 0 saturated carbocycles. The van der Waals surface area contributed by atoms with Crippen molar-refractivity contribution in [1.29, 1.82) is 0 Å². The summed E-state index contributed by atoms with van der Waals surface area (Å²) in [6, 6.07) is 8.35. The SMILES string of the molecule is CC.CN(C)C(=O)C1Cc2ccccc2CN1C. The zero-order valence-electron chi connectivity index (χ0n) is 12.1. The van der Waals surface area contributed by atoms with Crippen molar-refractivity contribution < 1.29 is 4.79 Å². The van der Waals surface area contributed by atoms with Crippen LogP contribution in [0.5, 0.6) is 0 Å². The lowest BCUT2D eigenvalue weighted by Crippen LogP contribution is -2.48. The monoisotopic (exact) mass is 248 g/mol. The first kappa shape index (κ1) is 14.7. The number of carbonyl (C=O) groups excluding carboxylic acids is 1. The van der Waals surface area contributed by atoms with Gasteiger partial charge < -0.3 is 4.90 Å². The highest BCUT2D eigenvalue weighted by atomic mass is 16.2. The zero-order chi connectivity index (χ0) is 13.7. The van der Waals surface area contributed by atoms with Gasteiger partial charge in [0.2, 0.25) is 5.91 Å². The van der Waals surface area contributed by atoms with Gasteiger partial charge in [-0.25, -0.2) is 0 Å². The van der Waals surface area contributed by atoms with E-state index in [0.29, 0.717) is 0 Å². The number of likely N-dealkylation sites (N-methyl/N-ethyl adjacent to an activating group) is 2. The molecule has 0 saturated heterocycles. The second-order valence-corrected chi connectivity index (χ2v) is 4.64. The molecule has 3 heteroatoms. The first-order valence-corrected chi connectivity index (χ1v) is 6.58. The van der Waals surface area contributed by atoms with Crippen LogP contribution in [0.2, 0.25) is 0 Å². The Balaban J connectivity index is 0.000000771. The molecule has 1 aliphatic heterocycles. The summed E-state index contributed by atoms with van der Waals surface area (Å²) in [5.74, 6) is 0.192. The minimum atomic E-state index is -0.00935. The van der Waals surface area contributed by atoms with Crippen LogP contribution in [-0.4, -0.2) is 42.9 Å². The fourth-order valence-corrected chi connectivity index (χ4v) is 2.23. The smallest absolute Gasteiger partial charge is 0.239 e. The van der Waals surface area contributed by atoms with Crippen LogP contribution < -0.4 is 0 Å². The van der Waals surface area contributed by atoms with Gasteiger partial charge >= 0.3 is 0 Å². The van der Waals surface area contributed by atoms with Crippen molar-refractivity contribution in [3.8, 4) is 0 Å². The van der Waals surface area contributed by atoms with E-state index in [1.54, 1.807) is 4.90 Å². The second-order valence-electron chi connectivity index (χ2n) is 4.64. The standard InChI is InChI=1S/C13H18N2O.C2H6/c1-14(2)13(16)12-8-10-6-4-5-7-11(10)9-15(12)3;1-2/h4-7,12H,8-9H2,1-3H3;1-2H3. The third-order valence-corrected chi connectivity index (χ3v) is 3.21. The summed E-state index contributed by atoms with van der Waals surface area (Å²) < 4.78 is 0. The summed E-state index contributed by atoms with van der Waals surface area (Å²) in [4.78, 5) is 15.8. The van der Waals surface area contributed by atoms with Crippen molar-refractivity contribution in [2.24, 2.45) is 0 Å². The quantitative estimate of drug-likeness (QED) is 0.760. The van der Waals surface area contributed by atoms with Gasteiger partial charge in [-0.3, -0.25) is 9.69 Å². The fraction of sp³-hybridized carbons (Fsp3) is 0.533. The molecule has 1 aromatic rings. The van der Waals surface area contributed by atoms with Crippen LogP contribution in [0, 0.1) is 0 Å². The number of benzene rings is 1. The highest BCUT2D eigenvalue weighted by Gasteiger charge is 2.29. The lowest BCUT2D eigenvalue weighted by atomic mass is 9.94. The Morgan fingerprint density at radius 2 is 1.78 bits per heavy atom. The normalized spacial score (nSPS) is 18.4. The molecule has 1 unspecified atom stereocenters. The fourth-order valence-electron chi connectivity index (χ4n) is 2.23. The van der Waals surface area contributed by atoms with E-state index in [2.05, 4.69) is 23.1 Å². The van der Waals surface area contributed by atoms with E-state index in [4.69, 9.17) is 0 Å². The number of hydrogen-bond donors (Lipinski definition) is 0. The van der Waals surface area contributed by atoms with Gasteiger partial charge in [0.25, 0.3) is 0 Å².